The Hall–Kier alpha value is -0.500. The van der Waals surface area contributed by atoms with Crippen LogP contribution in [-0.2, 0) is 5.33 Å². The molecule has 0 radical (unpaired) electrons. The van der Waals surface area contributed by atoms with Gasteiger partial charge in [-0.05, 0) is 48.4 Å². The second-order valence-electron chi connectivity index (χ2n) is 5.94. The summed E-state index contributed by atoms with van der Waals surface area (Å²) in [5.41, 5.74) is 4.82. The first-order valence-corrected chi connectivity index (χ1v) is 8.66. The number of hydrogen-bond donors (Lipinski definition) is 0. The van der Waals surface area contributed by atoms with E-state index in [1.807, 2.05) is 0 Å². The fourth-order valence-electron chi connectivity index (χ4n) is 3.22. The summed E-state index contributed by atoms with van der Waals surface area (Å²) < 4.78 is 0. The molecule has 1 aliphatic rings. The summed E-state index contributed by atoms with van der Waals surface area (Å²) in [7, 11) is 0. The minimum absolute atomic E-state index is 0.612. The molecular weight excluding hydrogens is 298 g/mol. The SMILES string of the molecule is CCC1(CC)CCN(c2ccc(CBr)c(C)c2)CC1. The van der Waals surface area contributed by atoms with Crippen molar-refractivity contribution in [2.45, 2.75) is 51.8 Å². The van der Waals surface area contributed by atoms with Crippen LogP contribution < -0.4 is 4.90 Å². The second-order valence-corrected chi connectivity index (χ2v) is 6.50. The topological polar surface area (TPSA) is 3.24 Å². The van der Waals surface area contributed by atoms with Gasteiger partial charge in [0.05, 0.1) is 0 Å². The van der Waals surface area contributed by atoms with E-state index < -0.39 is 0 Å². The molecular formula is C17H26BrN. The van der Waals surface area contributed by atoms with E-state index in [0.717, 1.165) is 5.33 Å². The first kappa shape index (κ1) is 14.9. The third-order valence-electron chi connectivity index (χ3n) is 5.16. The third-order valence-corrected chi connectivity index (χ3v) is 5.76. The summed E-state index contributed by atoms with van der Waals surface area (Å²) in [4.78, 5) is 2.56. The Balaban J connectivity index is 2.07. The molecule has 0 spiro atoms. The first-order valence-electron chi connectivity index (χ1n) is 7.54. The van der Waals surface area contributed by atoms with Crippen molar-refractivity contribution >= 4 is 21.6 Å². The Labute approximate surface area is 126 Å². The van der Waals surface area contributed by atoms with Crippen LogP contribution in [0.25, 0.3) is 0 Å². The zero-order valence-corrected chi connectivity index (χ0v) is 14.1. The maximum absolute atomic E-state index is 3.55. The van der Waals surface area contributed by atoms with E-state index in [4.69, 9.17) is 0 Å². The molecule has 2 heteroatoms. The largest absolute Gasteiger partial charge is 0.371 e. The molecule has 0 atom stereocenters. The van der Waals surface area contributed by atoms with Gasteiger partial charge in [0.1, 0.15) is 0 Å². The lowest BCUT2D eigenvalue weighted by Crippen LogP contribution is -2.39. The predicted octanol–water partition coefficient (Wildman–Crippen LogP) is 5.30. The van der Waals surface area contributed by atoms with Gasteiger partial charge in [-0.2, -0.15) is 0 Å². The van der Waals surface area contributed by atoms with Gasteiger partial charge >= 0.3 is 0 Å². The van der Waals surface area contributed by atoms with Crippen molar-refractivity contribution in [1.29, 1.82) is 0 Å². The van der Waals surface area contributed by atoms with Gasteiger partial charge in [-0.25, -0.2) is 0 Å². The smallest absolute Gasteiger partial charge is 0.0369 e. The second kappa shape index (κ2) is 6.30. The molecule has 0 saturated carbocycles. The van der Waals surface area contributed by atoms with E-state index in [9.17, 15) is 0 Å². The molecule has 0 aromatic heterocycles. The van der Waals surface area contributed by atoms with Gasteiger partial charge in [0, 0.05) is 24.1 Å². The monoisotopic (exact) mass is 323 g/mol. The van der Waals surface area contributed by atoms with Crippen LogP contribution in [0.1, 0.15) is 50.7 Å². The van der Waals surface area contributed by atoms with Crippen LogP contribution in [0.5, 0.6) is 0 Å². The van der Waals surface area contributed by atoms with Crippen LogP contribution in [0.2, 0.25) is 0 Å². The van der Waals surface area contributed by atoms with Gasteiger partial charge in [0.2, 0.25) is 0 Å². The standard InChI is InChI=1S/C17H26BrN/c1-4-17(5-2)8-10-19(11-9-17)16-7-6-15(13-18)14(3)12-16/h6-7,12H,4-5,8-11,13H2,1-3H3. The van der Waals surface area contributed by atoms with E-state index in [1.54, 1.807) is 0 Å². The highest BCUT2D eigenvalue weighted by molar-refractivity contribution is 9.08. The molecule has 0 aliphatic carbocycles. The lowest BCUT2D eigenvalue weighted by Gasteiger charge is -2.42. The first-order chi connectivity index (χ1) is 9.14. The van der Waals surface area contributed by atoms with E-state index in [-0.39, 0.29) is 0 Å². The molecule has 2 rings (SSSR count). The number of halogens is 1. The van der Waals surface area contributed by atoms with Gasteiger partial charge < -0.3 is 4.90 Å². The van der Waals surface area contributed by atoms with E-state index >= 15 is 0 Å². The summed E-state index contributed by atoms with van der Waals surface area (Å²) in [6.07, 6.45) is 5.36. The van der Waals surface area contributed by atoms with Crippen LogP contribution in [-0.4, -0.2) is 13.1 Å². The summed E-state index contributed by atoms with van der Waals surface area (Å²) in [6, 6.07) is 6.90. The molecule has 0 unspecified atom stereocenters. The quantitative estimate of drug-likeness (QED) is 0.680. The van der Waals surface area contributed by atoms with Gasteiger partial charge in [0.15, 0.2) is 0 Å². The summed E-state index contributed by atoms with van der Waals surface area (Å²) in [5, 5.41) is 0.952. The minimum atomic E-state index is 0.612. The maximum atomic E-state index is 3.55. The maximum Gasteiger partial charge on any atom is 0.0369 e. The molecule has 106 valence electrons. The van der Waals surface area contributed by atoms with Gasteiger partial charge in [-0.1, -0.05) is 48.7 Å². The highest BCUT2D eigenvalue weighted by Crippen LogP contribution is 2.39. The lowest BCUT2D eigenvalue weighted by molar-refractivity contribution is 0.199. The molecule has 0 amide bonds. The lowest BCUT2D eigenvalue weighted by atomic mass is 9.74. The molecule has 1 saturated heterocycles. The van der Waals surface area contributed by atoms with E-state index in [1.165, 1.54) is 55.6 Å². The van der Waals surface area contributed by atoms with Crippen LogP contribution >= 0.6 is 15.9 Å². The van der Waals surface area contributed by atoms with Crippen molar-refractivity contribution in [2.75, 3.05) is 18.0 Å². The van der Waals surface area contributed by atoms with Crippen LogP contribution in [0.4, 0.5) is 5.69 Å². The van der Waals surface area contributed by atoms with Crippen molar-refractivity contribution in [3.8, 4) is 0 Å². The Morgan fingerprint density at radius 3 is 2.26 bits per heavy atom. The van der Waals surface area contributed by atoms with Crippen LogP contribution in [0, 0.1) is 12.3 Å². The molecule has 0 N–H and O–H groups in total. The molecule has 1 heterocycles. The van der Waals surface area contributed by atoms with E-state index in [2.05, 4.69) is 59.8 Å². The summed E-state index contributed by atoms with van der Waals surface area (Å²) >= 11 is 3.55. The number of benzene rings is 1. The predicted molar refractivity (Wildman–Crippen MR) is 88.3 cm³/mol. The molecule has 1 fully saturated rings. The Morgan fingerprint density at radius 1 is 1.16 bits per heavy atom. The van der Waals surface area contributed by atoms with Gasteiger partial charge in [0.25, 0.3) is 0 Å². The molecule has 19 heavy (non-hydrogen) atoms. The molecule has 1 aromatic rings. The summed E-state index contributed by atoms with van der Waals surface area (Å²) in [5.74, 6) is 0. The number of rotatable bonds is 4. The Bertz CT molecular complexity index is 413. The molecule has 1 nitrogen and oxygen atoms in total. The van der Waals surface area contributed by atoms with E-state index in [0.29, 0.717) is 5.41 Å². The number of hydrogen-bond acceptors (Lipinski definition) is 1. The fourth-order valence-corrected chi connectivity index (χ4v) is 3.85. The molecule has 1 aliphatic heterocycles. The van der Waals surface area contributed by atoms with Crippen LogP contribution in [0.3, 0.4) is 0 Å². The van der Waals surface area contributed by atoms with Crippen LogP contribution in [0.15, 0.2) is 18.2 Å². The van der Waals surface area contributed by atoms with Gasteiger partial charge in [-0.15, -0.1) is 0 Å². The minimum Gasteiger partial charge on any atom is -0.371 e. The average molecular weight is 324 g/mol. The van der Waals surface area contributed by atoms with Crippen molar-refractivity contribution in [1.82, 2.24) is 0 Å². The number of nitrogens with zero attached hydrogens (tertiary/aromatic N) is 1. The van der Waals surface area contributed by atoms with Gasteiger partial charge in [-0.3, -0.25) is 0 Å². The Kier molecular flexibility index (Phi) is 4.94. The van der Waals surface area contributed by atoms with Crippen molar-refractivity contribution in [3.63, 3.8) is 0 Å². The summed E-state index contributed by atoms with van der Waals surface area (Å²) in [6.45, 7) is 9.36. The number of alkyl halides is 1. The fraction of sp³-hybridized carbons (Fsp3) is 0.647. The molecule has 1 aromatic carbocycles. The normalized spacial score (nSPS) is 18.6. The average Bonchev–Trinajstić information content (AvgIpc) is 2.47. The molecule has 0 bridgehead atoms. The number of anilines is 1. The third kappa shape index (κ3) is 3.16. The highest BCUT2D eigenvalue weighted by atomic mass is 79.9. The Morgan fingerprint density at radius 2 is 1.79 bits per heavy atom. The van der Waals surface area contributed by atoms with Crippen molar-refractivity contribution in [3.05, 3.63) is 29.3 Å². The zero-order valence-electron chi connectivity index (χ0n) is 12.5. The zero-order chi connectivity index (χ0) is 13.9. The number of piperidine rings is 1. The van der Waals surface area contributed by atoms with Crippen molar-refractivity contribution < 1.29 is 0 Å². The number of aryl methyl sites for hydroxylation is 1. The highest BCUT2D eigenvalue weighted by Gasteiger charge is 2.31. The van der Waals surface area contributed by atoms with Crippen molar-refractivity contribution in [2.24, 2.45) is 5.41 Å².